The van der Waals surface area contributed by atoms with Crippen molar-refractivity contribution in [3.05, 3.63) is 75.6 Å². The first kappa shape index (κ1) is 17.3. The van der Waals surface area contributed by atoms with Crippen LogP contribution in [0.5, 0.6) is 0 Å². The molecule has 1 aliphatic heterocycles. The number of hydrazone groups is 1. The van der Waals surface area contributed by atoms with Gasteiger partial charge in [0, 0.05) is 12.1 Å². The minimum absolute atomic E-state index is 0.0866. The van der Waals surface area contributed by atoms with Crippen molar-refractivity contribution in [3.63, 3.8) is 0 Å². The highest BCUT2D eigenvalue weighted by atomic mass is 19.1. The van der Waals surface area contributed by atoms with Gasteiger partial charge < -0.3 is 4.74 Å². The van der Waals surface area contributed by atoms with Crippen molar-refractivity contribution in [2.24, 2.45) is 5.10 Å². The number of carbonyl (C=O) groups is 1. The van der Waals surface area contributed by atoms with Gasteiger partial charge in [-0.1, -0.05) is 12.1 Å². The van der Waals surface area contributed by atoms with Crippen LogP contribution in [0.2, 0.25) is 0 Å². The van der Waals surface area contributed by atoms with Crippen LogP contribution >= 0.6 is 0 Å². The molecule has 0 aliphatic carbocycles. The molecule has 0 bridgehead atoms. The Hall–Kier alpha value is -3.55. The molecule has 0 aromatic heterocycles. The zero-order valence-corrected chi connectivity index (χ0v) is 13.8. The van der Waals surface area contributed by atoms with Gasteiger partial charge in [0.1, 0.15) is 11.4 Å². The Morgan fingerprint density at radius 1 is 1.19 bits per heavy atom. The lowest BCUT2D eigenvalue weighted by Gasteiger charge is -2.10. The molecular weight excluding hydrogens is 341 g/mol. The van der Waals surface area contributed by atoms with Crippen LogP contribution in [-0.4, -0.2) is 23.3 Å². The van der Waals surface area contributed by atoms with Gasteiger partial charge in [0.25, 0.3) is 11.6 Å². The molecule has 0 unspecified atom stereocenters. The van der Waals surface area contributed by atoms with E-state index in [1.165, 1.54) is 48.5 Å². The highest BCUT2D eigenvalue weighted by molar-refractivity contribution is 6.30. The maximum Gasteiger partial charge on any atom is 0.284 e. The number of rotatable bonds is 4. The molecule has 3 rings (SSSR count). The van der Waals surface area contributed by atoms with E-state index in [-0.39, 0.29) is 23.0 Å². The first-order chi connectivity index (χ1) is 12.5. The van der Waals surface area contributed by atoms with Crippen LogP contribution in [0.15, 0.2) is 59.2 Å². The second-order valence-corrected chi connectivity index (χ2v) is 5.34. The number of ether oxygens (including phenoxy) is 1. The van der Waals surface area contributed by atoms with Crippen molar-refractivity contribution >= 4 is 29.3 Å². The van der Waals surface area contributed by atoms with Crippen LogP contribution in [-0.2, 0) is 9.53 Å². The van der Waals surface area contributed by atoms with Gasteiger partial charge >= 0.3 is 0 Å². The van der Waals surface area contributed by atoms with E-state index in [0.717, 1.165) is 5.01 Å². The smallest absolute Gasteiger partial charge is 0.284 e. The van der Waals surface area contributed by atoms with E-state index in [1.807, 2.05) is 0 Å². The molecule has 0 fully saturated rings. The number of nitrogens with zero attached hydrogens (tertiary/aromatic N) is 3. The molecule has 0 saturated carbocycles. The molecule has 0 N–H and O–H groups in total. The van der Waals surface area contributed by atoms with Gasteiger partial charge in [-0.25, -0.2) is 4.39 Å². The van der Waals surface area contributed by atoms with E-state index in [1.54, 1.807) is 13.0 Å². The highest BCUT2D eigenvalue weighted by Gasteiger charge is 2.32. The van der Waals surface area contributed by atoms with Gasteiger partial charge in [-0.3, -0.25) is 14.9 Å². The molecule has 0 saturated heterocycles. The largest absolute Gasteiger partial charge is 0.476 e. The highest BCUT2D eigenvalue weighted by Crippen LogP contribution is 2.27. The van der Waals surface area contributed by atoms with E-state index in [9.17, 15) is 19.3 Å². The average molecular weight is 355 g/mol. The number of hydrogen-bond donors (Lipinski definition) is 0. The third-order valence-corrected chi connectivity index (χ3v) is 3.61. The van der Waals surface area contributed by atoms with Crippen LogP contribution in [0.25, 0.3) is 6.08 Å². The topological polar surface area (TPSA) is 85.0 Å². The summed E-state index contributed by atoms with van der Waals surface area (Å²) in [7, 11) is 0. The number of hydrogen-bond acceptors (Lipinski definition) is 5. The molecule has 7 nitrogen and oxygen atoms in total. The lowest BCUT2D eigenvalue weighted by atomic mass is 10.1. The van der Waals surface area contributed by atoms with Crippen molar-refractivity contribution in [3.8, 4) is 0 Å². The van der Waals surface area contributed by atoms with Crippen LogP contribution < -0.4 is 5.01 Å². The number of nitro benzene ring substituents is 1. The molecule has 1 amide bonds. The lowest BCUT2D eigenvalue weighted by Crippen LogP contribution is -2.21. The molecule has 2 aromatic rings. The lowest BCUT2D eigenvalue weighted by molar-refractivity contribution is -0.384. The monoisotopic (exact) mass is 355 g/mol. The van der Waals surface area contributed by atoms with E-state index in [0.29, 0.717) is 17.9 Å². The second-order valence-electron chi connectivity index (χ2n) is 5.34. The maximum atomic E-state index is 13.1. The fourth-order valence-electron chi connectivity index (χ4n) is 2.38. The number of carbonyl (C=O) groups excluding carboxylic acids is 1. The third kappa shape index (κ3) is 3.44. The van der Waals surface area contributed by atoms with Crippen molar-refractivity contribution in [1.29, 1.82) is 0 Å². The van der Waals surface area contributed by atoms with Crippen molar-refractivity contribution in [2.75, 3.05) is 11.6 Å². The predicted molar refractivity (Wildman–Crippen MR) is 94.0 cm³/mol. The van der Waals surface area contributed by atoms with Crippen molar-refractivity contribution < 1.29 is 18.8 Å². The molecule has 2 aromatic carbocycles. The Kier molecular flexibility index (Phi) is 4.74. The fraction of sp³-hybridized carbons (Fsp3) is 0.111. The van der Waals surface area contributed by atoms with Gasteiger partial charge in [0.15, 0.2) is 0 Å². The van der Waals surface area contributed by atoms with Gasteiger partial charge in [-0.05, 0) is 42.8 Å². The SMILES string of the molecule is CCOC1=NN(c2ccc([N+](=O)[O-])cc2)C(=O)C1=Cc1ccc(F)cc1. The number of halogens is 1. The molecule has 0 radical (unpaired) electrons. The summed E-state index contributed by atoms with van der Waals surface area (Å²) in [4.78, 5) is 23.0. The minimum Gasteiger partial charge on any atom is -0.476 e. The summed E-state index contributed by atoms with van der Waals surface area (Å²) in [5.74, 6) is -0.678. The van der Waals surface area contributed by atoms with Crippen LogP contribution in [0, 0.1) is 15.9 Å². The zero-order valence-electron chi connectivity index (χ0n) is 13.8. The van der Waals surface area contributed by atoms with Gasteiger partial charge in [0.2, 0.25) is 5.90 Å². The number of benzene rings is 2. The van der Waals surface area contributed by atoms with Gasteiger partial charge in [-0.15, -0.1) is 5.10 Å². The van der Waals surface area contributed by atoms with Crippen molar-refractivity contribution in [2.45, 2.75) is 6.92 Å². The van der Waals surface area contributed by atoms with Crippen LogP contribution in [0.1, 0.15) is 12.5 Å². The summed E-state index contributed by atoms with van der Waals surface area (Å²) in [6, 6.07) is 11.1. The summed E-state index contributed by atoms with van der Waals surface area (Å²) in [5.41, 5.74) is 1.13. The number of non-ortho nitro benzene ring substituents is 1. The standard InChI is InChI=1S/C18H14FN3O4/c1-2-26-17-16(11-12-3-5-13(19)6-4-12)18(23)21(20-17)14-7-9-15(10-8-14)22(24)25/h3-11H,2H2,1H3. The molecule has 1 aliphatic rings. The van der Waals surface area contributed by atoms with Crippen LogP contribution in [0.3, 0.4) is 0 Å². The van der Waals surface area contributed by atoms with E-state index in [2.05, 4.69) is 5.10 Å². The summed E-state index contributed by atoms with van der Waals surface area (Å²) < 4.78 is 18.5. The molecule has 8 heteroatoms. The Labute approximate surface area is 148 Å². The van der Waals surface area contributed by atoms with E-state index < -0.39 is 10.8 Å². The minimum atomic E-state index is -0.523. The third-order valence-electron chi connectivity index (χ3n) is 3.61. The Balaban J connectivity index is 1.95. The fourth-order valence-corrected chi connectivity index (χ4v) is 2.38. The summed E-state index contributed by atoms with van der Waals surface area (Å²) in [6.07, 6.45) is 1.56. The average Bonchev–Trinajstić information content (AvgIpc) is 2.93. The van der Waals surface area contributed by atoms with E-state index in [4.69, 9.17) is 4.74 Å². The molecular formula is C18H14FN3O4. The molecule has 1 heterocycles. The Bertz CT molecular complexity index is 905. The summed E-state index contributed by atoms with van der Waals surface area (Å²) in [5, 5.41) is 16.0. The first-order valence-electron chi connectivity index (χ1n) is 7.77. The summed E-state index contributed by atoms with van der Waals surface area (Å²) >= 11 is 0. The second kappa shape index (κ2) is 7.14. The quantitative estimate of drug-likeness (QED) is 0.477. The maximum absolute atomic E-state index is 13.1. The van der Waals surface area contributed by atoms with E-state index >= 15 is 0 Å². The van der Waals surface area contributed by atoms with Gasteiger partial charge in [0.05, 0.1) is 17.2 Å². The number of anilines is 1. The Morgan fingerprint density at radius 2 is 1.85 bits per heavy atom. The normalized spacial score (nSPS) is 15.3. The first-order valence-corrected chi connectivity index (χ1v) is 7.77. The number of amides is 1. The molecule has 26 heavy (non-hydrogen) atoms. The van der Waals surface area contributed by atoms with Crippen molar-refractivity contribution in [1.82, 2.24) is 0 Å². The molecule has 132 valence electrons. The molecule has 0 atom stereocenters. The predicted octanol–water partition coefficient (Wildman–Crippen LogP) is 3.51. The zero-order chi connectivity index (χ0) is 18.7. The number of nitro groups is 1. The summed E-state index contributed by atoms with van der Waals surface area (Å²) in [6.45, 7) is 2.07. The molecule has 0 spiro atoms. The Morgan fingerprint density at radius 3 is 2.42 bits per heavy atom. The van der Waals surface area contributed by atoms with Gasteiger partial charge in [-0.2, -0.15) is 5.01 Å². The van der Waals surface area contributed by atoms with Crippen LogP contribution in [0.4, 0.5) is 15.8 Å².